The van der Waals surface area contributed by atoms with Crippen LogP contribution in [-0.2, 0) is 6.61 Å². The first-order chi connectivity index (χ1) is 13.1. The van der Waals surface area contributed by atoms with Crippen molar-refractivity contribution in [3.8, 4) is 5.75 Å². The summed E-state index contributed by atoms with van der Waals surface area (Å²) in [6.07, 6.45) is 1.57. The Hall–Kier alpha value is -3.11. The lowest BCUT2D eigenvalue weighted by molar-refractivity contribution is 0.0955. The summed E-state index contributed by atoms with van der Waals surface area (Å²) in [4.78, 5) is 12.1. The van der Waals surface area contributed by atoms with Gasteiger partial charge in [-0.15, -0.1) is 0 Å². The molecule has 136 valence electrons. The van der Waals surface area contributed by atoms with Crippen LogP contribution in [0.25, 0.3) is 0 Å². The smallest absolute Gasteiger partial charge is 0.271 e. The first-order valence-electron chi connectivity index (χ1n) is 8.49. The normalized spacial score (nSPS) is 10.7. The topological polar surface area (TPSA) is 50.7 Å². The minimum atomic E-state index is -0.304. The number of benzene rings is 3. The number of halogens is 1. The number of aryl methyl sites for hydroxylation is 1. The number of carbonyl (C=O) groups excluding carboxylic acids is 1. The molecule has 0 radical (unpaired) electrons. The number of carbonyl (C=O) groups is 1. The van der Waals surface area contributed by atoms with Gasteiger partial charge < -0.3 is 4.74 Å². The molecular formula is C22H19ClN2O2. The Bertz CT molecular complexity index is 953. The molecule has 0 atom stereocenters. The highest BCUT2D eigenvalue weighted by molar-refractivity contribution is 6.30. The van der Waals surface area contributed by atoms with Crippen LogP contribution in [0.3, 0.4) is 0 Å². The Morgan fingerprint density at radius 3 is 2.52 bits per heavy atom. The molecule has 27 heavy (non-hydrogen) atoms. The van der Waals surface area contributed by atoms with E-state index in [-0.39, 0.29) is 5.91 Å². The zero-order valence-electron chi connectivity index (χ0n) is 14.9. The second kappa shape index (κ2) is 9.01. The van der Waals surface area contributed by atoms with Crippen molar-refractivity contribution < 1.29 is 9.53 Å². The number of nitrogens with zero attached hydrogens (tertiary/aromatic N) is 1. The first kappa shape index (κ1) is 18.7. The summed E-state index contributed by atoms with van der Waals surface area (Å²) in [6, 6.07) is 22.2. The van der Waals surface area contributed by atoms with Gasteiger partial charge in [0.25, 0.3) is 5.91 Å². The fourth-order valence-corrected chi connectivity index (χ4v) is 2.60. The van der Waals surface area contributed by atoms with Crippen LogP contribution in [0.4, 0.5) is 0 Å². The highest BCUT2D eigenvalue weighted by atomic mass is 35.5. The summed E-state index contributed by atoms with van der Waals surface area (Å²) in [5.74, 6) is 0.395. The van der Waals surface area contributed by atoms with Crippen molar-refractivity contribution in [2.24, 2.45) is 5.10 Å². The lowest BCUT2D eigenvalue weighted by Crippen LogP contribution is -2.17. The third-order valence-corrected chi connectivity index (χ3v) is 4.29. The number of para-hydroxylation sites is 1. The summed E-state index contributed by atoms with van der Waals surface area (Å²) in [5, 5.41) is 4.61. The molecule has 1 amide bonds. The maximum Gasteiger partial charge on any atom is 0.271 e. The first-order valence-corrected chi connectivity index (χ1v) is 8.86. The molecule has 0 saturated heterocycles. The largest absolute Gasteiger partial charge is 0.488 e. The Morgan fingerprint density at radius 2 is 1.74 bits per heavy atom. The van der Waals surface area contributed by atoms with E-state index in [0.717, 1.165) is 11.1 Å². The van der Waals surface area contributed by atoms with E-state index in [1.807, 2.05) is 42.5 Å². The number of amides is 1. The van der Waals surface area contributed by atoms with Crippen LogP contribution in [0.2, 0.25) is 5.02 Å². The van der Waals surface area contributed by atoms with Crippen LogP contribution in [0.5, 0.6) is 5.75 Å². The van der Waals surface area contributed by atoms with Gasteiger partial charge in [-0.3, -0.25) is 4.79 Å². The van der Waals surface area contributed by atoms with Crippen LogP contribution < -0.4 is 10.2 Å². The van der Waals surface area contributed by atoms with Gasteiger partial charge in [0.05, 0.1) is 6.21 Å². The number of hydrazone groups is 1. The lowest BCUT2D eigenvalue weighted by atomic mass is 10.1. The number of rotatable bonds is 6. The van der Waals surface area contributed by atoms with E-state index >= 15 is 0 Å². The van der Waals surface area contributed by atoms with Crippen molar-refractivity contribution in [2.75, 3.05) is 0 Å². The molecule has 0 aliphatic carbocycles. The quantitative estimate of drug-likeness (QED) is 0.485. The predicted molar refractivity (Wildman–Crippen MR) is 108 cm³/mol. The molecule has 0 saturated carbocycles. The van der Waals surface area contributed by atoms with Crippen molar-refractivity contribution in [3.05, 3.63) is 100 Å². The Balaban J connectivity index is 1.65. The number of hydrogen-bond donors (Lipinski definition) is 1. The molecule has 0 fully saturated rings. The van der Waals surface area contributed by atoms with Gasteiger partial charge in [0.1, 0.15) is 12.4 Å². The van der Waals surface area contributed by atoms with Gasteiger partial charge in [0.2, 0.25) is 0 Å². The van der Waals surface area contributed by atoms with Crippen molar-refractivity contribution in [1.82, 2.24) is 5.43 Å². The summed E-state index contributed by atoms with van der Waals surface area (Å²) >= 11 is 5.83. The summed E-state index contributed by atoms with van der Waals surface area (Å²) < 4.78 is 5.94. The zero-order chi connectivity index (χ0) is 19.1. The SMILES string of the molecule is Cc1ccccc1COc1ccccc1/C=N/NC(=O)c1ccc(Cl)cc1. The molecule has 0 spiro atoms. The van der Waals surface area contributed by atoms with Crippen molar-refractivity contribution >= 4 is 23.7 Å². The maximum absolute atomic E-state index is 12.1. The molecule has 3 aromatic carbocycles. The molecule has 3 aromatic rings. The van der Waals surface area contributed by atoms with Crippen molar-refractivity contribution in [3.63, 3.8) is 0 Å². The second-order valence-electron chi connectivity index (χ2n) is 5.96. The molecule has 0 heterocycles. The van der Waals surface area contributed by atoms with Crippen LogP contribution in [0, 0.1) is 6.92 Å². The minimum absolute atomic E-state index is 0.304. The van der Waals surface area contributed by atoms with Crippen LogP contribution >= 0.6 is 11.6 Å². The molecule has 0 bridgehead atoms. The van der Waals surface area contributed by atoms with Gasteiger partial charge in [0.15, 0.2) is 0 Å². The Morgan fingerprint density at radius 1 is 1.04 bits per heavy atom. The summed E-state index contributed by atoms with van der Waals surface area (Å²) in [5.41, 5.74) is 6.08. The standard InChI is InChI=1S/C22H19ClN2O2/c1-16-6-2-3-8-19(16)15-27-21-9-5-4-7-18(21)14-24-25-22(26)17-10-12-20(23)13-11-17/h2-14H,15H2,1H3,(H,25,26)/b24-14+. The average Bonchev–Trinajstić information content (AvgIpc) is 2.69. The fraction of sp³-hybridized carbons (Fsp3) is 0.0909. The third-order valence-electron chi connectivity index (χ3n) is 4.04. The van der Waals surface area contributed by atoms with E-state index in [1.54, 1.807) is 30.5 Å². The van der Waals surface area contributed by atoms with Gasteiger partial charge in [-0.1, -0.05) is 48.0 Å². The van der Waals surface area contributed by atoms with Crippen molar-refractivity contribution in [2.45, 2.75) is 13.5 Å². The number of hydrogen-bond acceptors (Lipinski definition) is 3. The molecule has 5 heteroatoms. The van der Waals surface area contributed by atoms with Gasteiger partial charge in [0, 0.05) is 16.1 Å². The van der Waals surface area contributed by atoms with Gasteiger partial charge in [-0.25, -0.2) is 5.43 Å². The third kappa shape index (κ3) is 5.19. The van der Waals surface area contributed by atoms with E-state index in [1.165, 1.54) is 5.56 Å². The van der Waals surface area contributed by atoms with Gasteiger partial charge in [-0.2, -0.15) is 5.10 Å². The molecule has 0 aromatic heterocycles. The summed E-state index contributed by atoms with van der Waals surface area (Å²) in [6.45, 7) is 2.52. The fourth-order valence-electron chi connectivity index (χ4n) is 2.47. The van der Waals surface area contributed by atoms with E-state index in [2.05, 4.69) is 23.5 Å². The predicted octanol–water partition coefficient (Wildman–Crippen LogP) is 4.99. The Labute approximate surface area is 163 Å². The van der Waals surface area contributed by atoms with Crippen LogP contribution in [-0.4, -0.2) is 12.1 Å². The monoisotopic (exact) mass is 378 g/mol. The molecule has 1 N–H and O–H groups in total. The van der Waals surface area contributed by atoms with Gasteiger partial charge in [-0.05, 0) is 54.4 Å². The van der Waals surface area contributed by atoms with E-state index in [0.29, 0.717) is 22.9 Å². The van der Waals surface area contributed by atoms with Gasteiger partial charge >= 0.3 is 0 Å². The maximum atomic E-state index is 12.1. The van der Waals surface area contributed by atoms with Crippen molar-refractivity contribution in [1.29, 1.82) is 0 Å². The second-order valence-corrected chi connectivity index (χ2v) is 6.40. The number of nitrogens with one attached hydrogen (secondary N) is 1. The highest BCUT2D eigenvalue weighted by Crippen LogP contribution is 2.18. The molecule has 3 rings (SSSR count). The number of ether oxygens (including phenoxy) is 1. The zero-order valence-corrected chi connectivity index (χ0v) is 15.6. The van der Waals surface area contributed by atoms with E-state index in [4.69, 9.17) is 16.3 Å². The molecule has 0 aliphatic heterocycles. The lowest BCUT2D eigenvalue weighted by Gasteiger charge is -2.10. The van der Waals surface area contributed by atoms with E-state index in [9.17, 15) is 4.79 Å². The average molecular weight is 379 g/mol. The van der Waals surface area contributed by atoms with E-state index < -0.39 is 0 Å². The van der Waals surface area contributed by atoms with Crippen LogP contribution in [0.1, 0.15) is 27.0 Å². The molecule has 4 nitrogen and oxygen atoms in total. The molecule has 0 aliphatic rings. The van der Waals surface area contributed by atoms with Crippen LogP contribution in [0.15, 0.2) is 77.9 Å². The Kier molecular flexibility index (Phi) is 6.23. The molecule has 0 unspecified atom stereocenters. The molecular weight excluding hydrogens is 360 g/mol. The summed E-state index contributed by atoms with van der Waals surface area (Å²) in [7, 11) is 0. The highest BCUT2D eigenvalue weighted by Gasteiger charge is 2.05. The minimum Gasteiger partial charge on any atom is -0.488 e.